The minimum Gasteiger partial charge on any atom is -0.354 e. The van der Waals surface area contributed by atoms with Crippen LogP contribution in [0.25, 0.3) is 0 Å². The molecule has 5 nitrogen and oxygen atoms in total. The molecular weight excluding hydrogens is 346 g/mol. The van der Waals surface area contributed by atoms with Crippen molar-refractivity contribution in [2.24, 2.45) is 0 Å². The highest BCUT2D eigenvalue weighted by molar-refractivity contribution is 9.10. The highest BCUT2D eigenvalue weighted by atomic mass is 79.9. The molecule has 0 aliphatic carbocycles. The molecule has 1 aliphatic heterocycles. The molecule has 0 atom stereocenters. The average Bonchev–Trinajstić information content (AvgIpc) is 2.26. The number of amides is 1. The molecule has 0 unspecified atom stereocenters. The number of hydrogen-bond acceptors (Lipinski definition) is 3. The molecular formula is C10H9BrF2N2O3S. The predicted molar refractivity (Wildman–Crippen MR) is 65.8 cm³/mol. The zero-order valence-electron chi connectivity index (χ0n) is 9.49. The summed E-state index contributed by atoms with van der Waals surface area (Å²) in [6, 6.07) is 1.35. The van der Waals surface area contributed by atoms with Crippen molar-refractivity contribution in [3.63, 3.8) is 0 Å². The van der Waals surface area contributed by atoms with E-state index in [2.05, 4.69) is 21.2 Å². The third kappa shape index (κ3) is 2.77. The first kappa shape index (κ1) is 14.4. The first-order valence-electron chi connectivity index (χ1n) is 5.24. The van der Waals surface area contributed by atoms with Crippen molar-refractivity contribution in [3.05, 3.63) is 28.2 Å². The van der Waals surface area contributed by atoms with Crippen molar-refractivity contribution in [2.75, 3.05) is 19.6 Å². The maximum atomic E-state index is 13.7. The molecule has 0 bridgehead atoms. The number of rotatable bonds is 2. The molecule has 0 radical (unpaired) electrons. The smallest absolute Gasteiger partial charge is 0.247 e. The second-order valence-electron chi connectivity index (χ2n) is 3.89. The number of piperazine rings is 1. The number of halogens is 3. The summed E-state index contributed by atoms with van der Waals surface area (Å²) in [6.45, 7) is -0.193. The lowest BCUT2D eigenvalue weighted by atomic mass is 10.3. The molecule has 1 aromatic carbocycles. The second kappa shape index (κ2) is 5.14. The lowest BCUT2D eigenvalue weighted by molar-refractivity contribution is -0.122. The Balaban J connectivity index is 2.48. The molecule has 0 spiro atoms. The Labute approximate surface area is 116 Å². The van der Waals surface area contributed by atoms with Crippen LogP contribution in [-0.4, -0.2) is 38.3 Å². The summed E-state index contributed by atoms with van der Waals surface area (Å²) in [5.74, 6) is -2.55. The molecule has 1 N–H and O–H groups in total. The Hall–Kier alpha value is -1.06. The molecule has 1 aromatic rings. The Morgan fingerprint density at radius 2 is 2.00 bits per heavy atom. The van der Waals surface area contributed by atoms with Gasteiger partial charge in [-0.25, -0.2) is 17.2 Å². The molecule has 104 valence electrons. The van der Waals surface area contributed by atoms with Crippen LogP contribution in [0.1, 0.15) is 0 Å². The third-order valence-electron chi connectivity index (χ3n) is 2.56. The van der Waals surface area contributed by atoms with E-state index in [0.717, 1.165) is 10.4 Å². The molecule has 1 amide bonds. The minimum absolute atomic E-state index is 0.0390. The first-order chi connectivity index (χ1) is 8.82. The normalized spacial score (nSPS) is 17.3. The van der Waals surface area contributed by atoms with Gasteiger partial charge in [-0.1, -0.05) is 0 Å². The minimum atomic E-state index is -4.19. The molecule has 1 fully saturated rings. The van der Waals surface area contributed by atoms with Crippen molar-refractivity contribution in [1.29, 1.82) is 0 Å². The average molecular weight is 355 g/mol. The standard InChI is InChI=1S/C10H9BrF2N2O3S/c11-7-3-6(12)4-8(13)10(7)19(17,18)15-2-1-14-9(16)5-15/h3-4H,1-2,5H2,(H,14,16). The maximum absolute atomic E-state index is 13.7. The van der Waals surface area contributed by atoms with Gasteiger partial charge in [-0.05, 0) is 22.0 Å². The number of nitrogens with zero attached hydrogens (tertiary/aromatic N) is 1. The van der Waals surface area contributed by atoms with Gasteiger partial charge < -0.3 is 5.32 Å². The summed E-state index contributed by atoms with van der Waals surface area (Å²) in [6.07, 6.45) is 0. The van der Waals surface area contributed by atoms with Crippen molar-refractivity contribution in [3.8, 4) is 0 Å². The Bertz CT molecular complexity index is 613. The molecule has 0 saturated carbocycles. The van der Waals surface area contributed by atoms with Crippen LogP contribution in [0, 0.1) is 11.6 Å². The number of nitrogens with one attached hydrogen (secondary N) is 1. The van der Waals surface area contributed by atoms with Gasteiger partial charge in [0.05, 0.1) is 6.54 Å². The number of hydrogen-bond donors (Lipinski definition) is 1. The summed E-state index contributed by atoms with van der Waals surface area (Å²) in [5.41, 5.74) is 0. The van der Waals surface area contributed by atoms with Gasteiger partial charge >= 0.3 is 0 Å². The van der Waals surface area contributed by atoms with Crippen LogP contribution in [0.3, 0.4) is 0 Å². The summed E-state index contributed by atoms with van der Waals surface area (Å²) >= 11 is 2.83. The summed E-state index contributed by atoms with van der Waals surface area (Å²) in [4.78, 5) is 10.5. The Morgan fingerprint density at radius 3 is 2.58 bits per heavy atom. The number of carbonyl (C=O) groups is 1. The maximum Gasteiger partial charge on any atom is 0.247 e. The van der Waals surface area contributed by atoms with E-state index in [9.17, 15) is 22.0 Å². The fourth-order valence-electron chi connectivity index (χ4n) is 1.72. The van der Waals surface area contributed by atoms with Crippen molar-refractivity contribution in [1.82, 2.24) is 9.62 Å². The fraction of sp³-hybridized carbons (Fsp3) is 0.300. The van der Waals surface area contributed by atoms with Crippen molar-refractivity contribution in [2.45, 2.75) is 4.90 Å². The van der Waals surface area contributed by atoms with E-state index >= 15 is 0 Å². The van der Waals surface area contributed by atoms with E-state index in [4.69, 9.17) is 0 Å². The van der Waals surface area contributed by atoms with Gasteiger partial charge in [0, 0.05) is 23.6 Å². The predicted octanol–water partition coefficient (Wildman–Crippen LogP) is 0.848. The van der Waals surface area contributed by atoms with E-state index < -0.39 is 32.5 Å². The Morgan fingerprint density at radius 1 is 1.32 bits per heavy atom. The largest absolute Gasteiger partial charge is 0.354 e. The van der Waals surface area contributed by atoms with Gasteiger partial charge in [0.25, 0.3) is 0 Å². The highest BCUT2D eigenvalue weighted by Crippen LogP contribution is 2.29. The van der Waals surface area contributed by atoms with Crippen LogP contribution in [0.2, 0.25) is 0 Å². The van der Waals surface area contributed by atoms with Crippen LogP contribution < -0.4 is 5.32 Å². The zero-order chi connectivity index (χ0) is 14.2. The molecule has 1 saturated heterocycles. The van der Waals surface area contributed by atoms with Crippen molar-refractivity contribution < 1.29 is 22.0 Å². The Kier molecular flexibility index (Phi) is 3.88. The van der Waals surface area contributed by atoms with Gasteiger partial charge in [0.1, 0.15) is 16.5 Å². The number of benzene rings is 1. The quantitative estimate of drug-likeness (QED) is 0.856. The van der Waals surface area contributed by atoms with Gasteiger partial charge in [-0.3, -0.25) is 4.79 Å². The van der Waals surface area contributed by atoms with E-state index in [1.54, 1.807) is 0 Å². The van der Waals surface area contributed by atoms with Crippen molar-refractivity contribution >= 4 is 31.9 Å². The molecule has 2 rings (SSSR count). The first-order valence-corrected chi connectivity index (χ1v) is 7.47. The third-order valence-corrected chi connectivity index (χ3v) is 5.37. The summed E-state index contributed by atoms with van der Waals surface area (Å²) < 4.78 is 51.8. The molecule has 9 heteroatoms. The summed E-state index contributed by atoms with van der Waals surface area (Å²) in [7, 11) is -4.19. The van der Waals surface area contributed by atoms with E-state index in [1.807, 2.05) is 0 Å². The molecule has 19 heavy (non-hydrogen) atoms. The van der Waals surface area contributed by atoms with Crippen LogP contribution in [0.15, 0.2) is 21.5 Å². The lowest BCUT2D eigenvalue weighted by Gasteiger charge is -2.26. The van der Waals surface area contributed by atoms with Gasteiger partial charge in [-0.15, -0.1) is 0 Å². The summed E-state index contributed by atoms with van der Waals surface area (Å²) in [5, 5.41) is 2.46. The van der Waals surface area contributed by atoms with Gasteiger partial charge in [-0.2, -0.15) is 4.31 Å². The van der Waals surface area contributed by atoms with E-state index in [0.29, 0.717) is 6.07 Å². The van der Waals surface area contributed by atoms with Crippen LogP contribution in [-0.2, 0) is 14.8 Å². The van der Waals surface area contributed by atoms with Crippen LogP contribution in [0.4, 0.5) is 8.78 Å². The SMILES string of the molecule is O=C1CN(S(=O)(=O)c2c(F)cc(F)cc2Br)CCN1. The van der Waals surface area contributed by atoms with E-state index in [1.165, 1.54) is 0 Å². The monoisotopic (exact) mass is 354 g/mol. The second-order valence-corrected chi connectivity index (χ2v) is 6.62. The van der Waals surface area contributed by atoms with Gasteiger partial charge in [0.2, 0.25) is 15.9 Å². The van der Waals surface area contributed by atoms with Crippen LogP contribution >= 0.6 is 15.9 Å². The fourth-order valence-corrected chi connectivity index (χ4v) is 4.23. The lowest BCUT2D eigenvalue weighted by Crippen LogP contribution is -2.50. The highest BCUT2D eigenvalue weighted by Gasteiger charge is 2.33. The molecule has 0 aromatic heterocycles. The van der Waals surface area contributed by atoms with E-state index in [-0.39, 0.29) is 24.1 Å². The molecule has 1 heterocycles. The van der Waals surface area contributed by atoms with Crippen LogP contribution in [0.5, 0.6) is 0 Å². The van der Waals surface area contributed by atoms with Gasteiger partial charge in [0.15, 0.2) is 0 Å². The number of sulfonamides is 1. The topological polar surface area (TPSA) is 66.5 Å². The molecule has 1 aliphatic rings. The number of carbonyl (C=O) groups excluding carboxylic acids is 1. The zero-order valence-corrected chi connectivity index (χ0v) is 11.9.